The number of anilines is 3. The summed E-state index contributed by atoms with van der Waals surface area (Å²) in [4.78, 5) is 24.6. The van der Waals surface area contributed by atoms with Gasteiger partial charge in [0.2, 0.25) is 0 Å². The van der Waals surface area contributed by atoms with Gasteiger partial charge in [-0.1, -0.05) is 12.1 Å². The van der Waals surface area contributed by atoms with Crippen LogP contribution in [0, 0.1) is 5.82 Å². The van der Waals surface area contributed by atoms with Gasteiger partial charge in [-0.15, -0.1) is 0 Å². The summed E-state index contributed by atoms with van der Waals surface area (Å²) in [5.41, 5.74) is 1.73. The van der Waals surface area contributed by atoms with E-state index in [9.17, 15) is 14.0 Å². The van der Waals surface area contributed by atoms with Crippen LogP contribution in [0.2, 0.25) is 0 Å². The van der Waals surface area contributed by atoms with Crippen LogP contribution in [0.1, 0.15) is 10.4 Å². The number of hydrogen-bond donors (Lipinski definition) is 3. The summed E-state index contributed by atoms with van der Waals surface area (Å²) >= 11 is 0. The standard InChI is InChI=1S/C20H14FN3O3/c21-12-5-7-13(8-6-12)22-20(26)23-14-9-10-17-15(11-14)19(25)24-16-3-1-2-4-18(16)27-17/h1-11H,(H,24,25)(H2,22,23,26). The average molecular weight is 363 g/mol. The second kappa shape index (κ2) is 6.80. The number of fused-ring (bicyclic) bond motifs is 2. The van der Waals surface area contributed by atoms with E-state index in [1.807, 2.05) is 6.07 Å². The van der Waals surface area contributed by atoms with Crippen LogP contribution in [0.4, 0.5) is 26.2 Å². The lowest BCUT2D eigenvalue weighted by Gasteiger charge is -2.10. The molecule has 0 fully saturated rings. The number of benzene rings is 3. The van der Waals surface area contributed by atoms with Gasteiger partial charge in [0.25, 0.3) is 5.91 Å². The molecule has 4 rings (SSSR count). The summed E-state index contributed by atoms with van der Waals surface area (Å²) in [7, 11) is 0. The molecule has 6 nitrogen and oxygen atoms in total. The maximum absolute atomic E-state index is 12.9. The third-order valence-corrected chi connectivity index (χ3v) is 3.94. The van der Waals surface area contributed by atoms with Crippen LogP contribution < -0.4 is 20.7 Å². The number of nitrogens with one attached hydrogen (secondary N) is 3. The minimum absolute atomic E-state index is 0.297. The van der Waals surface area contributed by atoms with Gasteiger partial charge in [0, 0.05) is 11.4 Å². The van der Waals surface area contributed by atoms with Crippen LogP contribution in [0.5, 0.6) is 11.5 Å². The van der Waals surface area contributed by atoms with Gasteiger partial charge < -0.3 is 20.7 Å². The monoisotopic (exact) mass is 363 g/mol. The number of hydrogen-bond acceptors (Lipinski definition) is 3. The van der Waals surface area contributed by atoms with Crippen molar-refractivity contribution >= 4 is 29.0 Å². The van der Waals surface area contributed by atoms with Crippen molar-refractivity contribution in [2.24, 2.45) is 0 Å². The normalized spacial score (nSPS) is 12.0. The molecule has 27 heavy (non-hydrogen) atoms. The maximum atomic E-state index is 12.9. The van der Waals surface area contributed by atoms with E-state index >= 15 is 0 Å². The van der Waals surface area contributed by atoms with Gasteiger partial charge in [-0.25, -0.2) is 9.18 Å². The van der Waals surface area contributed by atoms with Crippen molar-refractivity contribution in [2.45, 2.75) is 0 Å². The number of para-hydroxylation sites is 2. The molecule has 0 saturated heterocycles. The van der Waals surface area contributed by atoms with Gasteiger partial charge >= 0.3 is 6.03 Å². The van der Waals surface area contributed by atoms with Gasteiger partial charge in [0.05, 0.1) is 11.3 Å². The van der Waals surface area contributed by atoms with Crippen LogP contribution in [0.25, 0.3) is 0 Å². The SMILES string of the molecule is O=C(Nc1ccc(F)cc1)Nc1ccc2c(c1)C(=O)Nc1ccccc1O2. The van der Waals surface area contributed by atoms with Crippen molar-refractivity contribution in [3.05, 3.63) is 78.1 Å². The van der Waals surface area contributed by atoms with E-state index < -0.39 is 11.8 Å². The Balaban J connectivity index is 1.53. The molecule has 0 radical (unpaired) electrons. The van der Waals surface area contributed by atoms with Gasteiger partial charge in [-0.3, -0.25) is 4.79 Å². The zero-order valence-corrected chi connectivity index (χ0v) is 14.0. The predicted molar refractivity (Wildman–Crippen MR) is 100.0 cm³/mol. The van der Waals surface area contributed by atoms with E-state index in [4.69, 9.17) is 4.74 Å². The van der Waals surface area contributed by atoms with Crippen molar-refractivity contribution < 1.29 is 18.7 Å². The fraction of sp³-hybridized carbons (Fsp3) is 0. The van der Waals surface area contributed by atoms with Crippen LogP contribution in [-0.4, -0.2) is 11.9 Å². The first-order chi connectivity index (χ1) is 13.1. The molecule has 7 heteroatoms. The second-order valence-electron chi connectivity index (χ2n) is 5.85. The Morgan fingerprint density at radius 2 is 1.59 bits per heavy atom. The lowest BCUT2D eigenvalue weighted by molar-refractivity contribution is 0.102. The number of urea groups is 1. The Morgan fingerprint density at radius 3 is 2.41 bits per heavy atom. The third kappa shape index (κ3) is 3.57. The van der Waals surface area contributed by atoms with E-state index in [2.05, 4.69) is 16.0 Å². The second-order valence-corrected chi connectivity index (χ2v) is 5.85. The topological polar surface area (TPSA) is 79.5 Å². The van der Waals surface area contributed by atoms with E-state index in [-0.39, 0.29) is 5.91 Å². The highest BCUT2D eigenvalue weighted by Crippen LogP contribution is 2.36. The largest absolute Gasteiger partial charge is 0.454 e. The molecule has 0 aromatic heterocycles. The number of halogens is 1. The molecule has 0 atom stereocenters. The van der Waals surface area contributed by atoms with Gasteiger partial charge in [0.1, 0.15) is 11.6 Å². The quantitative estimate of drug-likeness (QED) is 0.610. The molecule has 0 aliphatic carbocycles. The molecule has 0 bridgehead atoms. The van der Waals surface area contributed by atoms with E-state index in [1.54, 1.807) is 30.3 Å². The first-order valence-corrected chi connectivity index (χ1v) is 8.14. The first-order valence-electron chi connectivity index (χ1n) is 8.14. The molecule has 3 aromatic rings. The minimum Gasteiger partial charge on any atom is -0.454 e. The van der Waals surface area contributed by atoms with Gasteiger partial charge in [-0.05, 0) is 54.6 Å². The third-order valence-electron chi connectivity index (χ3n) is 3.94. The first kappa shape index (κ1) is 16.6. The fourth-order valence-corrected chi connectivity index (χ4v) is 2.67. The summed E-state index contributed by atoms with van der Waals surface area (Å²) in [5.74, 6) is 0.206. The molecule has 134 valence electrons. The Kier molecular flexibility index (Phi) is 4.18. The summed E-state index contributed by atoms with van der Waals surface area (Å²) < 4.78 is 18.7. The highest BCUT2D eigenvalue weighted by Gasteiger charge is 2.21. The lowest BCUT2D eigenvalue weighted by Crippen LogP contribution is -2.20. The zero-order chi connectivity index (χ0) is 18.8. The number of ether oxygens (including phenoxy) is 1. The molecule has 0 unspecified atom stereocenters. The molecular formula is C20H14FN3O3. The molecule has 0 spiro atoms. The van der Waals surface area contributed by atoms with Crippen LogP contribution >= 0.6 is 0 Å². The van der Waals surface area contributed by atoms with Crippen molar-refractivity contribution in [2.75, 3.05) is 16.0 Å². The van der Waals surface area contributed by atoms with Gasteiger partial charge in [-0.2, -0.15) is 0 Å². The van der Waals surface area contributed by atoms with E-state index in [0.717, 1.165) is 0 Å². The van der Waals surface area contributed by atoms with Crippen molar-refractivity contribution in [3.8, 4) is 11.5 Å². The fourth-order valence-electron chi connectivity index (χ4n) is 2.67. The number of carbonyl (C=O) groups is 2. The van der Waals surface area contributed by atoms with Crippen molar-refractivity contribution in [3.63, 3.8) is 0 Å². The number of amides is 3. The summed E-state index contributed by atoms with van der Waals surface area (Å²) in [6, 6.07) is 16.8. The lowest BCUT2D eigenvalue weighted by atomic mass is 10.1. The van der Waals surface area contributed by atoms with Crippen molar-refractivity contribution in [1.82, 2.24) is 0 Å². The highest BCUT2D eigenvalue weighted by atomic mass is 19.1. The minimum atomic E-state index is -0.514. The van der Waals surface area contributed by atoms with E-state index in [0.29, 0.717) is 34.1 Å². The van der Waals surface area contributed by atoms with E-state index in [1.165, 1.54) is 30.3 Å². The highest BCUT2D eigenvalue weighted by molar-refractivity contribution is 6.09. The molecule has 3 N–H and O–H groups in total. The van der Waals surface area contributed by atoms with Crippen LogP contribution in [-0.2, 0) is 0 Å². The summed E-state index contributed by atoms with van der Waals surface area (Å²) in [5, 5.41) is 8.00. The zero-order valence-electron chi connectivity index (χ0n) is 14.0. The molecule has 1 aliphatic rings. The predicted octanol–water partition coefficient (Wildman–Crippen LogP) is 4.83. The summed E-state index contributed by atoms with van der Waals surface area (Å²) in [6.07, 6.45) is 0. The van der Waals surface area contributed by atoms with Crippen molar-refractivity contribution in [1.29, 1.82) is 0 Å². The molecule has 3 aromatic carbocycles. The Labute approximate surface area is 154 Å². The average Bonchev–Trinajstić information content (AvgIpc) is 2.79. The molecule has 0 saturated carbocycles. The molecule has 1 heterocycles. The van der Waals surface area contributed by atoms with Crippen LogP contribution in [0.3, 0.4) is 0 Å². The smallest absolute Gasteiger partial charge is 0.323 e. The maximum Gasteiger partial charge on any atom is 0.323 e. The molecule has 1 aliphatic heterocycles. The Hall–Kier alpha value is -3.87. The number of carbonyl (C=O) groups excluding carboxylic acids is 2. The molecular weight excluding hydrogens is 349 g/mol. The Morgan fingerprint density at radius 1 is 0.889 bits per heavy atom. The Bertz CT molecular complexity index is 1030. The molecule has 3 amide bonds. The summed E-state index contributed by atoms with van der Waals surface area (Å²) in [6.45, 7) is 0. The van der Waals surface area contributed by atoms with Crippen LogP contribution in [0.15, 0.2) is 66.7 Å². The van der Waals surface area contributed by atoms with Gasteiger partial charge in [0.15, 0.2) is 5.75 Å². The number of rotatable bonds is 2.